The van der Waals surface area contributed by atoms with Crippen LogP contribution in [0.4, 0.5) is 0 Å². The van der Waals surface area contributed by atoms with E-state index in [9.17, 15) is 0 Å². The van der Waals surface area contributed by atoms with E-state index in [1.807, 2.05) is 22.7 Å². The van der Waals surface area contributed by atoms with Crippen molar-refractivity contribution in [3.05, 3.63) is 41.3 Å². The molecule has 18 heavy (non-hydrogen) atoms. The molecule has 0 aliphatic heterocycles. The highest BCUT2D eigenvalue weighted by atomic mass is 127. The van der Waals surface area contributed by atoms with Crippen molar-refractivity contribution >= 4 is 45.3 Å². The summed E-state index contributed by atoms with van der Waals surface area (Å²) in [7, 11) is 0. The average molecular weight is 389 g/mol. The molecule has 2 aromatic rings. The molecule has 96 valence electrons. The standard InChI is InChI=1S/C14H16INS2/c1-9-5-6-10(17-9)8-16-12-3-2-4-13-11(12)7-14(15)18-13/h5-7,12,16H,2-4,8H2,1H3. The largest absolute Gasteiger partial charge is 0.305 e. The predicted octanol–water partition coefficient (Wildman–Crippen LogP) is 4.89. The zero-order valence-electron chi connectivity index (χ0n) is 10.3. The van der Waals surface area contributed by atoms with Crippen LogP contribution >= 0.6 is 45.3 Å². The van der Waals surface area contributed by atoms with Crippen molar-refractivity contribution in [1.29, 1.82) is 0 Å². The van der Waals surface area contributed by atoms with Crippen molar-refractivity contribution in [2.75, 3.05) is 0 Å². The van der Waals surface area contributed by atoms with Crippen LogP contribution in [0.2, 0.25) is 0 Å². The van der Waals surface area contributed by atoms with E-state index in [1.54, 1.807) is 10.4 Å². The second-order valence-corrected chi connectivity index (χ2v) is 9.17. The number of hydrogen-bond donors (Lipinski definition) is 1. The molecule has 0 saturated heterocycles. The van der Waals surface area contributed by atoms with Crippen molar-refractivity contribution in [2.45, 2.75) is 38.8 Å². The molecule has 0 amide bonds. The summed E-state index contributed by atoms with van der Waals surface area (Å²) in [6.45, 7) is 3.18. The molecule has 2 aromatic heterocycles. The molecule has 0 spiro atoms. The van der Waals surface area contributed by atoms with E-state index in [4.69, 9.17) is 0 Å². The van der Waals surface area contributed by atoms with Crippen LogP contribution in [0.3, 0.4) is 0 Å². The van der Waals surface area contributed by atoms with Gasteiger partial charge in [-0.3, -0.25) is 0 Å². The van der Waals surface area contributed by atoms with Crippen LogP contribution in [0.1, 0.15) is 39.1 Å². The summed E-state index contributed by atoms with van der Waals surface area (Å²) >= 11 is 6.32. The molecule has 0 fully saturated rings. The minimum Gasteiger partial charge on any atom is -0.305 e. The molecular formula is C14H16INS2. The number of halogens is 1. The quantitative estimate of drug-likeness (QED) is 0.738. The molecule has 1 N–H and O–H groups in total. The van der Waals surface area contributed by atoms with Crippen LogP contribution < -0.4 is 5.32 Å². The molecule has 2 heterocycles. The van der Waals surface area contributed by atoms with Crippen molar-refractivity contribution in [2.24, 2.45) is 0 Å². The normalized spacial score (nSPS) is 18.9. The fourth-order valence-electron chi connectivity index (χ4n) is 2.54. The Bertz CT molecular complexity index is 544. The maximum atomic E-state index is 3.73. The first-order chi connectivity index (χ1) is 8.72. The topological polar surface area (TPSA) is 12.0 Å². The second-order valence-electron chi connectivity index (χ2n) is 4.77. The molecule has 1 unspecified atom stereocenters. The van der Waals surface area contributed by atoms with Crippen molar-refractivity contribution in [3.8, 4) is 0 Å². The third-order valence-electron chi connectivity index (χ3n) is 3.40. The molecular weight excluding hydrogens is 373 g/mol. The Morgan fingerprint density at radius 1 is 1.39 bits per heavy atom. The summed E-state index contributed by atoms with van der Waals surface area (Å²) < 4.78 is 1.43. The summed E-state index contributed by atoms with van der Waals surface area (Å²) in [5.41, 5.74) is 1.56. The summed E-state index contributed by atoms with van der Waals surface area (Å²) in [5, 5.41) is 3.73. The Morgan fingerprint density at radius 2 is 2.28 bits per heavy atom. The third-order valence-corrected chi connectivity index (χ3v) is 6.37. The first kappa shape index (κ1) is 13.1. The van der Waals surface area contributed by atoms with Crippen LogP contribution in [-0.4, -0.2) is 0 Å². The van der Waals surface area contributed by atoms with E-state index >= 15 is 0 Å². The minimum atomic E-state index is 0.566. The van der Waals surface area contributed by atoms with Gasteiger partial charge < -0.3 is 5.32 Å². The predicted molar refractivity (Wildman–Crippen MR) is 88.6 cm³/mol. The number of fused-ring (bicyclic) bond motifs is 1. The zero-order valence-corrected chi connectivity index (χ0v) is 14.1. The Balaban J connectivity index is 1.70. The third kappa shape index (κ3) is 2.81. The summed E-state index contributed by atoms with van der Waals surface area (Å²) in [6.07, 6.45) is 3.88. The van der Waals surface area contributed by atoms with Crippen LogP contribution in [-0.2, 0) is 13.0 Å². The van der Waals surface area contributed by atoms with Crippen LogP contribution in [0.15, 0.2) is 18.2 Å². The van der Waals surface area contributed by atoms with E-state index in [-0.39, 0.29) is 0 Å². The summed E-state index contributed by atoms with van der Waals surface area (Å²) in [5.74, 6) is 0. The molecule has 1 aliphatic rings. The Kier molecular flexibility index (Phi) is 4.08. The Morgan fingerprint density at radius 3 is 3.06 bits per heavy atom. The van der Waals surface area contributed by atoms with Gasteiger partial charge in [0.15, 0.2) is 0 Å². The fourth-order valence-corrected chi connectivity index (χ4v) is 5.50. The van der Waals surface area contributed by atoms with Gasteiger partial charge in [0.2, 0.25) is 0 Å². The highest BCUT2D eigenvalue weighted by molar-refractivity contribution is 14.1. The van der Waals surface area contributed by atoms with Crippen LogP contribution in [0, 0.1) is 9.81 Å². The van der Waals surface area contributed by atoms with E-state index < -0.39 is 0 Å². The maximum absolute atomic E-state index is 3.73. The first-order valence-corrected chi connectivity index (χ1v) is 9.00. The molecule has 1 nitrogen and oxygen atoms in total. The molecule has 0 bridgehead atoms. The SMILES string of the molecule is Cc1ccc(CNC2CCCc3sc(I)cc32)s1. The van der Waals surface area contributed by atoms with Crippen LogP contribution in [0.5, 0.6) is 0 Å². The smallest absolute Gasteiger partial charge is 0.0659 e. The minimum absolute atomic E-state index is 0.566. The van der Waals surface area contributed by atoms with Crippen molar-refractivity contribution in [3.63, 3.8) is 0 Å². The lowest BCUT2D eigenvalue weighted by Gasteiger charge is -2.23. The summed E-state index contributed by atoms with van der Waals surface area (Å²) in [4.78, 5) is 4.45. The van der Waals surface area contributed by atoms with E-state index in [0.717, 1.165) is 6.54 Å². The molecule has 4 heteroatoms. The fraction of sp³-hybridized carbons (Fsp3) is 0.429. The van der Waals surface area contributed by atoms with Gasteiger partial charge in [0.05, 0.1) is 2.88 Å². The van der Waals surface area contributed by atoms with E-state index in [1.165, 1.54) is 31.9 Å². The van der Waals surface area contributed by atoms with Crippen molar-refractivity contribution in [1.82, 2.24) is 5.32 Å². The number of hydrogen-bond acceptors (Lipinski definition) is 3. The number of rotatable bonds is 3. The number of thiophene rings is 2. The van der Waals surface area contributed by atoms with Gasteiger partial charge in [-0.1, -0.05) is 0 Å². The highest BCUT2D eigenvalue weighted by Gasteiger charge is 2.22. The Labute approximate surface area is 130 Å². The lowest BCUT2D eigenvalue weighted by atomic mass is 9.94. The van der Waals surface area contributed by atoms with Gasteiger partial charge in [-0.25, -0.2) is 0 Å². The van der Waals surface area contributed by atoms with Gasteiger partial charge in [-0.2, -0.15) is 0 Å². The van der Waals surface area contributed by atoms with Crippen molar-refractivity contribution < 1.29 is 0 Å². The molecule has 0 radical (unpaired) electrons. The lowest BCUT2D eigenvalue weighted by Crippen LogP contribution is -2.23. The molecule has 0 aromatic carbocycles. The van der Waals surface area contributed by atoms with E-state index in [0.29, 0.717) is 6.04 Å². The van der Waals surface area contributed by atoms with Gasteiger partial charge in [0, 0.05) is 27.2 Å². The highest BCUT2D eigenvalue weighted by Crippen LogP contribution is 2.36. The van der Waals surface area contributed by atoms with Gasteiger partial charge in [-0.15, -0.1) is 22.7 Å². The lowest BCUT2D eigenvalue weighted by molar-refractivity contribution is 0.465. The summed E-state index contributed by atoms with van der Waals surface area (Å²) in [6, 6.07) is 7.39. The maximum Gasteiger partial charge on any atom is 0.0659 e. The van der Waals surface area contributed by atoms with Gasteiger partial charge in [-0.05, 0) is 72.5 Å². The average Bonchev–Trinajstić information content (AvgIpc) is 2.91. The number of nitrogens with one attached hydrogen (secondary N) is 1. The van der Waals surface area contributed by atoms with Gasteiger partial charge >= 0.3 is 0 Å². The number of aryl methyl sites for hydroxylation is 2. The molecule has 0 saturated carbocycles. The second kappa shape index (κ2) is 5.61. The van der Waals surface area contributed by atoms with Gasteiger partial charge in [0.25, 0.3) is 0 Å². The molecule has 3 rings (SSSR count). The molecule has 1 aliphatic carbocycles. The van der Waals surface area contributed by atoms with Gasteiger partial charge in [0.1, 0.15) is 0 Å². The first-order valence-electron chi connectivity index (χ1n) is 6.29. The molecule has 1 atom stereocenters. The van der Waals surface area contributed by atoms with Crippen LogP contribution in [0.25, 0.3) is 0 Å². The monoisotopic (exact) mass is 389 g/mol. The zero-order chi connectivity index (χ0) is 12.5. The Hall–Kier alpha value is 0.0900. The van der Waals surface area contributed by atoms with E-state index in [2.05, 4.69) is 53.0 Å².